The fourth-order valence-corrected chi connectivity index (χ4v) is 1.18. The number of nitrogens with two attached hydrogens (primary N) is 1. The van der Waals surface area contributed by atoms with E-state index in [1.165, 1.54) is 0 Å². The summed E-state index contributed by atoms with van der Waals surface area (Å²) in [5.41, 5.74) is 6.55. The van der Waals surface area contributed by atoms with Crippen molar-refractivity contribution in [1.82, 2.24) is 0 Å². The van der Waals surface area contributed by atoms with E-state index in [4.69, 9.17) is 10.5 Å². The molecule has 0 fully saturated rings. The third-order valence-corrected chi connectivity index (χ3v) is 2.08. The van der Waals surface area contributed by atoms with E-state index in [9.17, 15) is 5.11 Å². The van der Waals surface area contributed by atoms with Crippen molar-refractivity contribution in [3.63, 3.8) is 0 Å². The second-order valence-corrected chi connectivity index (χ2v) is 2.94. The predicted octanol–water partition coefficient (Wildman–Crippen LogP) is 1.81. The molecule has 0 spiro atoms. The summed E-state index contributed by atoms with van der Waals surface area (Å²) < 4.78 is 4.96. The molecule has 0 aliphatic rings. The second kappa shape index (κ2) is 4.14. The number of ether oxygens (including phenoxy) is 1. The van der Waals surface area contributed by atoms with Crippen LogP contribution in [-0.2, 0) is 0 Å². The summed E-state index contributed by atoms with van der Waals surface area (Å²) in [7, 11) is 1.56. The van der Waals surface area contributed by atoms with E-state index in [2.05, 4.69) is 0 Å². The van der Waals surface area contributed by atoms with Crippen LogP contribution in [0, 0.1) is 0 Å². The Morgan fingerprint density at radius 2 is 2.23 bits per heavy atom. The van der Waals surface area contributed by atoms with Crippen molar-refractivity contribution >= 4 is 0 Å². The van der Waals surface area contributed by atoms with Gasteiger partial charge < -0.3 is 15.6 Å². The van der Waals surface area contributed by atoms with E-state index in [1.807, 2.05) is 6.92 Å². The number of aromatic hydroxyl groups is 1. The number of methoxy groups -OCH3 is 1. The third-order valence-electron chi connectivity index (χ3n) is 2.08. The SMILES string of the molecule is CC[C@H](N)c1ccc(OC)cc1O. The van der Waals surface area contributed by atoms with E-state index in [-0.39, 0.29) is 11.8 Å². The molecule has 0 aromatic heterocycles. The fraction of sp³-hybridized carbons (Fsp3) is 0.400. The summed E-state index contributed by atoms with van der Waals surface area (Å²) in [6.45, 7) is 1.98. The molecule has 1 rings (SSSR count). The van der Waals surface area contributed by atoms with Crippen molar-refractivity contribution in [3.8, 4) is 11.5 Å². The number of phenols is 1. The Hall–Kier alpha value is -1.22. The van der Waals surface area contributed by atoms with Crippen molar-refractivity contribution < 1.29 is 9.84 Å². The minimum Gasteiger partial charge on any atom is -0.507 e. The molecule has 3 nitrogen and oxygen atoms in total. The van der Waals surface area contributed by atoms with Gasteiger partial charge in [0.1, 0.15) is 11.5 Å². The van der Waals surface area contributed by atoms with Crippen LogP contribution >= 0.6 is 0 Å². The van der Waals surface area contributed by atoms with Crippen LogP contribution in [0.25, 0.3) is 0 Å². The number of hydrogen-bond donors (Lipinski definition) is 2. The lowest BCUT2D eigenvalue weighted by atomic mass is 10.0. The maximum absolute atomic E-state index is 9.56. The van der Waals surface area contributed by atoms with Crippen LogP contribution in [0.3, 0.4) is 0 Å². The average molecular weight is 181 g/mol. The van der Waals surface area contributed by atoms with Crippen molar-refractivity contribution in [2.24, 2.45) is 5.73 Å². The summed E-state index contributed by atoms with van der Waals surface area (Å²) in [6, 6.07) is 5.06. The van der Waals surface area contributed by atoms with Crippen LogP contribution in [0.4, 0.5) is 0 Å². The van der Waals surface area contributed by atoms with Crippen LogP contribution < -0.4 is 10.5 Å². The van der Waals surface area contributed by atoms with Gasteiger partial charge in [0, 0.05) is 17.7 Å². The predicted molar refractivity (Wildman–Crippen MR) is 51.9 cm³/mol. The average Bonchev–Trinajstić information content (AvgIpc) is 2.16. The van der Waals surface area contributed by atoms with Crippen molar-refractivity contribution in [2.45, 2.75) is 19.4 Å². The van der Waals surface area contributed by atoms with Gasteiger partial charge in [-0.15, -0.1) is 0 Å². The molecule has 3 heteroatoms. The lowest BCUT2D eigenvalue weighted by Crippen LogP contribution is -2.08. The van der Waals surface area contributed by atoms with E-state index in [1.54, 1.807) is 25.3 Å². The number of hydrogen-bond acceptors (Lipinski definition) is 3. The maximum atomic E-state index is 9.56. The van der Waals surface area contributed by atoms with Gasteiger partial charge in [-0.05, 0) is 12.5 Å². The minimum atomic E-state index is -0.106. The van der Waals surface area contributed by atoms with Crippen LogP contribution in [0.5, 0.6) is 11.5 Å². The van der Waals surface area contributed by atoms with E-state index in [0.29, 0.717) is 5.75 Å². The van der Waals surface area contributed by atoms with Crippen molar-refractivity contribution in [3.05, 3.63) is 23.8 Å². The first-order chi connectivity index (χ1) is 6.19. The summed E-state index contributed by atoms with van der Waals surface area (Å²) >= 11 is 0. The molecule has 3 N–H and O–H groups in total. The Kier molecular flexibility index (Phi) is 3.14. The topological polar surface area (TPSA) is 55.5 Å². The fourth-order valence-electron chi connectivity index (χ4n) is 1.18. The molecular weight excluding hydrogens is 166 g/mol. The Labute approximate surface area is 78.1 Å². The molecule has 0 aliphatic heterocycles. The lowest BCUT2D eigenvalue weighted by molar-refractivity contribution is 0.405. The maximum Gasteiger partial charge on any atom is 0.124 e. The summed E-state index contributed by atoms with van der Waals surface area (Å²) in [6.07, 6.45) is 0.805. The molecule has 0 heterocycles. The molecule has 0 saturated carbocycles. The molecule has 13 heavy (non-hydrogen) atoms. The van der Waals surface area contributed by atoms with Gasteiger partial charge in [-0.3, -0.25) is 0 Å². The molecule has 1 aromatic carbocycles. The van der Waals surface area contributed by atoms with Gasteiger partial charge in [0.15, 0.2) is 0 Å². The van der Waals surface area contributed by atoms with Gasteiger partial charge in [-0.1, -0.05) is 13.0 Å². The third kappa shape index (κ3) is 2.12. The lowest BCUT2D eigenvalue weighted by Gasteiger charge is -2.11. The van der Waals surface area contributed by atoms with Gasteiger partial charge >= 0.3 is 0 Å². The van der Waals surface area contributed by atoms with Crippen LogP contribution in [0.15, 0.2) is 18.2 Å². The molecular formula is C10H15NO2. The summed E-state index contributed by atoms with van der Waals surface area (Å²) in [5.74, 6) is 0.846. The van der Waals surface area contributed by atoms with Gasteiger partial charge in [0.05, 0.1) is 7.11 Å². The molecule has 0 bridgehead atoms. The number of phenolic OH excluding ortho intramolecular Hbond substituents is 1. The smallest absolute Gasteiger partial charge is 0.124 e. The van der Waals surface area contributed by atoms with Gasteiger partial charge in [-0.25, -0.2) is 0 Å². The highest BCUT2D eigenvalue weighted by Crippen LogP contribution is 2.28. The summed E-state index contributed by atoms with van der Waals surface area (Å²) in [5, 5.41) is 9.56. The van der Waals surface area contributed by atoms with E-state index in [0.717, 1.165) is 12.0 Å². The molecule has 72 valence electrons. The van der Waals surface area contributed by atoms with Crippen LogP contribution in [-0.4, -0.2) is 12.2 Å². The van der Waals surface area contributed by atoms with Gasteiger partial charge in [-0.2, -0.15) is 0 Å². The largest absolute Gasteiger partial charge is 0.507 e. The molecule has 1 atom stereocenters. The molecule has 0 aliphatic carbocycles. The van der Waals surface area contributed by atoms with Gasteiger partial charge in [0.25, 0.3) is 0 Å². The Bertz CT molecular complexity index is 286. The summed E-state index contributed by atoms with van der Waals surface area (Å²) in [4.78, 5) is 0. The van der Waals surface area contributed by atoms with E-state index < -0.39 is 0 Å². The first-order valence-corrected chi connectivity index (χ1v) is 4.31. The molecule has 0 saturated heterocycles. The quantitative estimate of drug-likeness (QED) is 0.747. The molecule has 0 amide bonds. The highest BCUT2D eigenvalue weighted by Gasteiger charge is 2.09. The highest BCUT2D eigenvalue weighted by atomic mass is 16.5. The zero-order valence-corrected chi connectivity index (χ0v) is 7.95. The zero-order valence-electron chi connectivity index (χ0n) is 7.95. The monoisotopic (exact) mass is 181 g/mol. The van der Waals surface area contributed by atoms with Gasteiger partial charge in [0.2, 0.25) is 0 Å². The first kappa shape index (κ1) is 9.86. The van der Waals surface area contributed by atoms with Crippen molar-refractivity contribution in [1.29, 1.82) is 0 Å². The van der Waals surface area contributed by atoms with E-state index >= 15 is 0 Å². The molecule has 0 radical (unpaired) electrons. The molecule has 0 unspecified atom stereocenters. The standard InChI is InChI=1S/C10H15NO2/c1-3-9(11)8-5-4-7(13-2)6-10(8)12/h4-6,9,12H,3,11H2,1-2H3/t9-/m0/s1. The Morgan fingerprint density at radius 3 is 2.69 bits per heavy atom. The first-order valence-electron chi connectivity index (χ1n) is 4.31. The Morgan fingerprint density at radius 1 is 1.54 bits per heavy atom. The minimum absolute atomic E-state index is 0.106. The number of rotatable bonds is 3. The number of benzene rings is 1. The van der Waals surface area contributed by atoms with Crippen LogP contribution in [0.2, 0.25) is 0 Å². The zero-order chi connectivity index (χ0) is 9.84. The Balaban J connectivity index is 2.98. The van der Waals surface area contributed by atoms with Crippen LogP contribution in [0.1, 0.15) is 24.9 Å². The highest BCUT2D eigenvalue weighted by molar-refractivity contribution is 5.41. The van der Waals surface area contributed by atoms with Crippen molar-refractivity contribution in [2.75, 3.05) is 7.11 Å². The second-order valence-electron chi connectivity index (χ2n) is 2.94. The normalized spacial score (nSPS) is 12.5. The molecule has 1 aromatic rings.